The summed E-state index contributed by atoms with van der Waals surface area (Å²) >= 11 is 0. The minimum absolute atomic E-state index is 0.0953. The van der Waals surface area contributed by atoms with E-state index in [1.165, 1.54) is 0 Å². The second kappa shape index (κ2) is 8.49. The van der Waals surface area contributed by atoms with Crippen LogP contribution in [0.2, 0.25) is 0 Å². The van der Waals surface area contributed by atoms with Gasteiger partial charge in [0, 0.05) is 23.9 Å². The highest BCUT2D eigenvalue weighted by molar-refractivity contribution is 6.08. The number of aryl methyl sites for hydroxylation is 1. The van der Waals surface area contributed by atoms with Crippen molar-refractivity contribution in [2.24, 2.45) is 10.9 Å². The molecule has 1 aromatic carbocycles. The Morgan fingerprint density at radius 2 is 1.88 bits per heavy atom. The molecule has 0 bridgehead atoms. The fourth-order valence-corrected chi connectivity index (χ4v) is 3.90. The third-order valence-electron chi connectivity index (χ3n) is 5.69. The average Bonchev–Trinajstić information content (AvgIpc) is 3.17. The average molecular weight is 430 g/mol. The summed E-state index contributed by atoms with van der Waals surface area (Å²) in [6.07, 6.45) is 3.56. The van der Waals surface area contributed by atoms with E-state index >= 15 is 0 Å². The van der Waals surface area contributed by atoms with Gasteiger partial charge in [-0.3, -0.25) is 9.59 Å². The molecule has 1 aliphatic heterocycles. The van der Waals surface area contributed by atoms with Gasteiger partial charge in [-0.1, -0.05) is 35.4 Å². The number of amides is 2. The highest BCUT2D eigenvalue weighted by Gasteiger charge is 2.25. The molecule has 32 heavy (non-hydrogen) atoms. The van der Waals surface area contributed by atoms with Gasteiger partial charge in [0.1, 0.15) is 0 Å². The monoisotopic (exact) mass is 429 g/mol. The molecule has 1 aliphatic rings. The number of aromatic nitrogens is 3. The van der Waals surface area contributed by atoms with Crippen LogP contribution < -0.4 is 5.32 Å². The topological polar surface area (TPSA) is 89.2 Å². The molecule has 164 valence electrons. The third-order valence-corrected chi connectivity index (χ3v) is 5.69. The maximum atomic E-state index is 13.3. The number of carbonyl (C=O) groups is 2. The van der Waals surface area contributed by atoms with Crippen molar-refractivity contribution in [2.45, 2.75) is 40.7 Å². The summed E-state index contributed by atoms with van der Waals surface area (Å²) in [6, 6.07) is 9.92. The number of nitrogens with one attached hydrogen (secondary N) is 1. The highest BCUT2D eigenvalue weighted by atomic mass is 16.2. The maximum Gasteiger partial charge on any atom is 0.254 e. The zero-order valence-corrected chi connectivity index (χ0v) is 19.0. The normalized spacial score (nSPS) is 16.3. The first kappa shape index (κ1) is 21.6. The molecule has 0 aliphatic carbocycles. The maximum absolute atomic E-state index is 13.3. The zero-order valence-electron chi connectivity index (χ0n) is 19.0. The van der Waals surface area contributed by atoms with Crippen molar-refractivity contribution < 1.29 is 9.59 Å². The second-order valence-corrected chi connectivity index (χ2v) is 8.58. The summed E-state index contributed by atoms with van der Waals surface area (Å²) in [6.45, 7) is 9.96. The molecule has 1 N–H and O–H groups in total. The Hall–Kier alpha value is -3.61. The van der Waals surface area contributed by atoms with Crippen LogP contribution in [-0.4, -0.2) is 38.8 Å². The number of hydrogen-bond donors (Lipinski definition) is 1. The smallest absolute Gasteiger partial charge is 0.254 e. The lowest BCUT2D eigenvalue weighted by molar-refractivity contribution is -0.120. The Morgan fingerprint density at radius 1 is 1.16 bits per heavy atom. The number of pyridine rings is 1. The summed E-state index contributed by atoms with van der Waals surface area (Å²) < 4.78 is 1.82. The summed E-state index contributed by atoms with van der Waals surface area (Å²) in [5, 5.41) is 8.07. The molecule has 0 saturated carbocycles. The van der Waals surface area contributed by atoms with Gasteiger partial charge in [-0.05, 0) is 46.8 Å². The summed E-state index contributed by atoms with van der Waals surface area (Å²) in [4.78, 5) is 34.4. The molecule has 1 atom stereocenters. The first-order chi connectivity index (χ1) is 15.2. The molecule has 3 aromatic rings. The van der Waals surface area contributed by atoms with E-state index < -0.39 is 5.92 Å². The Kier molecular flexibility index (Phi) is 5.74. The van der Waals surface area contributed by atoms with Crippen LogP contribution in [0.1, 0.15) is 49.7 Å². The van der Waals surface area contributed by atoms with Gasteiger partial charge in [0.2, 0.25) is 0 Å². The van der Waals surface area contributed by atoms with Crippen LogP contribution in [0.4, 0.5) is 0 Å². The third kappa shape index (κ3) is 4.10. The minimum Gasteiger partial charge on any atom is -0.351 e. The Morgan fingerprint density at radius 3 is 2.53 bits per heavy atom. The molecular weight excluding hydrogens is 402 g/mol. The van der Waals surface area contributed by atoms with Gasteiger partial charge >= 0.3 is 0 Å². The number of allylic oxidation sites excluding steroid dienone is 1. The molecule has 7 heteroatoms. The number of benzene rings is 1. The van der Waals surface area contributed by atoms with Crippen LogP contribution >= 0.6 is 0 Å². The molecule has 2 aromatic heterocycles. The molecule has 4 rings (SSSR count). The van der Waals surface area contributed by atoms with Gasteiger partial charge in [-0.25, -0.2) is 14.7 Å². The molecule has 3 heterocycles. The zero-order chi connectivity index (χ0) is 23.0. The number of nitrogens with zero attached hydrogens (tertiary/aromatic N) is 4. The van der Waals surface area contributed by atoms with E-state index in [1.54, 1.807) is 19.2 Å². The number of fused-ring (bicyclic) bond motifs is 1. The van der Waals surface area contributed by atoms with E-state index in [0.717, 1.165) is 16.7 Å². The number of carbonyl (C=O) groups excluding carboxylic acids is 2. The van der Waals surface area contributed by atoms with Gasteiger partial charge in [0.25, 0.3) is 11.8 Å². The fourth-order valence-electron chi connectivity index (χ4n) is 3.90. The van der Waals surface area contributed by atoms with E-state index in [2.05, 4.69) is 15.4 Å². The van der Waals surface area contributed by atoms with Crippen LogP contribution in [0.15, 0.2) is 53.2 Å². The van der Waals surface area contributed by atoms with Crippen molar-refractivity contribution >= 4 is 28.6 Å². The van der Waals surface area contributed by atoms with Gasteiger partial charge in [-0.15, -0.1) is 0 Å². The van der Waals surface area contributed by atoms with E-state index in [0.29, 0.717) is 28.0 Å². The van der Waals surface area contributed by atoms with Crippen molar-refractivity contribution in [1.82, 2.24) is 20.1 Å². The number of dihydropyridines is 1. The van der Waals surface area contributed by atoms with E-state index in [9.17, 15) is 9.59 Å². The van der Waals surface area contributed by atoms with Gasteiger partial charge in [-0.2, -0.15) is 5.10 Å². The summed E-state index contributed by atoms with van der Waals surface area (Å²) in [5.41, 5.74) is 5.52. The van der Waals surface area contributed by atoms with Crippen LogP contribution in [0.25, 0.3) is 22.3 Å². The number of rotatable bonds is 5. The molecule has 1 unspecified atom stereocenters. The van der Waals surface area contributed by atoms with Crippen molar-refractivity contribution in [3.05, 3.63) is 59.3 Å². The Balaban J connectivity index is 1.70. The Bertz CT molecular complexity index is 1270. The van der Waals surface area contributed by atoms with Crippen molar-refractivity contribution in [3.8, 4) is 11.3 Å². The lowest BCUT2D eigenvalue weighted by atomic mass is 9.95. The Labute approximate surface area is 187 Å². The van der Waals surface area contributed by atoms with Gasteiger partial charge < -0.3 is 5.32 Å². The predicted octanol–water partition coefficient (Wildman–Crippen LogP) is 4.28. The lowest BCUT2D eigenvalue weighted by Crippen LogP contribution is -2.34. The second-order valence-electron chi connectivity index (χ2n) is 8.58. The molecule has 7 nitrogen and oxygen atoms in total. The highest BCUT2D eigenvalue weighted by Crippen LogP contribution is 2.27. The van der Waals surface area contributed by atoms with Crippen LogP contribution in [-0.2, 0) is 4.79 Å². The lowest BCUT2D eigenvalue weighted by Gasteiger charge is -2.19. The molecule has 0 saturated heterocycles. The number of aliphatic imine (C=N–C) groups is 1. The van der Waals surface area contributed by atoms with Crippen molar-refractivity contribution in [3.63, 3.8) is 0 Å². The van der Waals surface area contributed by atoms with Gasteiger partial charge in [0.05, 0.1) is 28.8 Å². The molecule has 0 spiro atoms. The van der Waals surface area contributed by atoms with Crippen molar-refractivity contribution in [2.75, 3.05) is 6.54 Å². The van der Waals surface area contributed by atoms with Crippen molar-refractivity contribution in [1.29, 1.82) is 0 Å². The largest absolute Gasteiger partial charge is 0.351 e. The van der Waals surface area contributed by atoms with E-state index in [4.69, 9.17) is 4.98 Å². The SMILES string of the molecule is CC1=CC(C)=NC(=O)C1CNC(=O)c1cc(-c2ccc(C)cc2)nc2c1cnn2C(C)C. The number of hydrogen-bond acceptors (Lipinski definition) is 4. The molecule has 2 amide bonds. The first-order valence-corrected chi connectivity index (χ1v) is 10.8. The minimum atomic E-state index is -0.449. The molecular formula is C25H27N5O2. The first-order valence-electron chi connectivity index (χ1n) is 10.8. The standard InChI is InChI=1S/C25H27N5O2/c1-14(2)30-23-21(13-27-30)19(11-22(29-23)18-8-6-15(3)7-9-18)24(31)26-12-20-16(4)10-17(5)28-25(20)32/h6-11,13-14,20H,12H2,1-5H3,(H,26,31). The molecule has 0 radical (unpaired) electrons. The summed E-state index contributed by atoms with van der Waals surface area (Å²) in [7, 11) is 0. The van der Waals surface area contributed by atoms with E-state index in [1.807, 2.05) is 62.7 Å². The van der Waals surface area contributed by atoms with Crippen LogP contribution in [0.3, 0.4) is 0 Å². The quantitative estimate of drug-likeness (QED) is 0.655. The molecule has 0 fully saturated rings. The van der Waals surface area contributed by atoms with Gasteiger partial charge in [0.15, 0.2) is 5.65 Å². The van der Waals surface area contributed by atoms with Crippen LogP contribution in [0.5, 0.6) is 0 Å². The predicted molar refractivity (Wildman–Crippen MR) is 126 cm³/mol. The summed E-state index contributed by atoms with van der Waals surface area (Å²) in [5.74, 6) is -0.938. The van der Waals surface area contributed by atoms with E-state index in [-0.39, 0.29) is 24.4 Å². The van der Waals surface area contributed by atoms with Crippen LogP contribution in [0, 0.1) is 12.8 Å². The fraction of sp³-hybridized carbons (Fsp3) is 0.320.